The van der Waals surface area contributed by atoms with Crippen molar-refractivity contribution >= 4 is 22.6 Å². The summed E-state index contributed by atoms with van der Waals surface area (Å²) in [7, 11) is 3.85. The number of fused-ring (bicyclic) bond motifs is 1. The normalized spacial score (nSPS) is 15.0. The number of carbonyl (C=O) groups excluding carboxylic acids is 1. The Hall–Kier alpha value is -4.40. The van der Waals surface area contributed by atoms with Crippen LogP contribution in [-0.4, -0.2) is 65.0 Å². The minimum Gasteiger partial charge on any atom is -0.493 e. The summed E-state index contributed by atoms with van der Waals surface area (Å²) in [5.41, 5.74) is 6.18. The first-order chi connectivity index (χ1) is 16.8. The van der Waals surface area contributed by atoms with Crippen LogP contribution in [0.4, 0.5) is 14.6 Å². The van der Waals surface area contributed by atoms with Crippen molar-refractivity contribution in [3.05, 3.63) is 41.7 Å². The lowest BCUT2D eigenvalue weighted by atomic mass is 10.2. The Morgan fingerprint density at radius 1 is 1.20 bits per heavy atom. The SMILES string of the molecule is C=CC(=O)N1CCC(n2nc(C#Cc3c(F)c(OC)nc(OC)c3F)c3c(N)ncc(OC)c32)C1. The lowest BCUT2D eigenvalue weighted by molar-refractivity contribution is -0.125. The van der Waals surface area contributed by atoms with Gasteiger partial charge in [0, 0.05) is 13.1 Å². The second-order valence-corrected chi connectivity index (χ2v) is 7.54. The first kappa shape index (κ1) is 23.7. The fourth-order valence-electron chi connectivity index (χ4n) is 3.94. The standard InChI is InChI=1S/C23H22F2N6O4/c1-5-16(32)30-9-8-12(11-30)31-20-15(33-2)10-27-21(26)17(20)14(29-31)7-6-13-18(24)22(34-3)28-23(35-4)19(13)25/h5,10,12H,1,8-9,11H2,2-4H3,(H2,26,27). The Kier molecular flexibility index (Phi) is 6.42. The van der Waals surface area contributed by atoms with E-state index in [9.17, 15) is 13.6 Å². The third-order valence-corrected chi connectivity index (χ3v) is 5.65. The van der Waals surface area contributed by atoms with Crippen LogP contribution in [0.2, 0.25) is 0 Å². The molecule has 1 amide bonds. The first-order valence-corrected chi connectivity index (χ1v) is 10.5. The Bertz CT molecular complexity index is 1370. The van der Waals surface area contributed by atoms with Crippen molar-refractivity contribution in [2.75, 3.05) is 40.2 Å². The molecule has 4 rings (SSSR count). The fourth-order valence-corrected chi connectivity index (χ4v) is 3.94. The number of hydrogen-bond acceptors (Lipinski definition) is 8. The number of rotatable bonds is 5. The molecule has 35 heavy (non-hydrogen) atoms. The number of likely N-dealkylation sites (tertiary alicyclic amines) is 1. The molecule has 0 aromatic carbocycles. The van der Waals surface area contributed by atoms with Gasteiger partial charge < -0.3 is 24.8 Å². The van der Waals surface area contributed by atoms with Crippen LogP contribution in [-0.2, 0) is 4.79 Å². The summed E-state index contributed by atoms with van der Waals surface area (Å²) < 4.78 is 46.4. The van der Waals surface area contributed by atoms with E-state index in [1.54, 1.807) is 9.58 Å². The van der Waals surface area contributed by atoms with E-state index in [0.29, 0.717) is 36.2 Å². The van der Waals surface area contributed by atoms with E-state index in [0.717, 1.165) is 0 Å². The second-order valence-electron chi connectivity index (χ2n) is 7.54. The Morgan fingerprint density at radius 2 is 1.89 bits per heavy atom. The molecule has 12 heteroatoms. The molecular weight excluding hydrogens is 462 g/mol. The van der Waals surface area contributed by atoms with Crippen molar-refractivity contribution < 1.29 is 27.8 Å². The number of nitrogen functional groups attached to an aromatic ring is 1. The van der Waals surface area contributed by atoms with Gasteiger partial charge in [-0.05, 0) is 18.4 Å². The van der Waals surface area contributed by atoms with Gasteiger partial charge in [0.2, 0.25) is 17.5 Å². The van der Waals surface area contributed by atoms with E-state index < -0.39 is 29.0 Å². The van der Waals surface area contributed by atoms with Crippen molar-refractivity contribution in [2.45, 2.75) is 12.5 Å². The van der Waals surface area contributed by atoms with E-state index in [1.807, 2.05) is 0 Å². The topological polar surface area (TPSA) is 118 Å². The number of ether oxygens (including phenoxy) is 3. The highest BCUT2D eigenvalue weighted by Crippen LogP contribution is 2.35. The summed E-state index contributed by atoms with van der Waals surface area (Å²) in [5.74, 6) is 2.36. The van der Waals surface area contributed by atoms with Gasteiger partial charge in [-0.2, -0.15) is 18.9 Å². The predicted molar refractivity (Wildman–Crippen MR) is 122 cm³/mol. The Morgan fingerprint density at radius 3 is 2.49 bits per heavy atom. The number of carbonyl (C=O) groups is 1. The molecule has 0 radical (unpaired) electrons. The Balaban J connectivity index is 1.89. The second kappa shape index (κ2) is 9.46. The molecule has 1 atom stereocenters. The van der Waals surface area contributed by atoms with E-state index in [4.69, 9.17) is 19.9 Å². The quantitative estimate of drug-likeness (QED) is 0.432. The monoisotopic (exact) mass is 484 g/mol. The molecule has 1 unspecified atom stereocenters. The molecule has 1 aliphatic rings. The van der Waals surface area contributed by atoms with E-state index in [1.165, 1.54) is 33.6 Å². The molecule has 3 aromatic rings. The minimum absolute atomic E-state index is 0.110. The van der Waals surface area contributed by atoms with Gasteiger partial charge in [-0.25, -0.2) is 4.98 Å². The number of anilines is 1. The molecule has 2 N–H and O–H groups in total. The van der Waals surface area contributed by atoms with Gasteiger partial charge in [0.1, 0.15) is 22.6 Å². The molecule has 182 valence electrons. The highest BCUT2D eigenvalue weighted by molar-refractivity contribution is 5.97. The number of pyridine rings is 2. The van der Waals surface area contributed by atoms with Crippen molar-refractivity contribution in [3.63, 3.8) is 0 Å². The summed E-state index contributed by atoms with van der Waals surface area (Å²) >= 11 is 0. The fraction of sp³-hybridized carbons (Fsp3) is 0.304. The molecule has 1 fully saturated rings. The average molecular weight is 484 g/mol. The molecule has 3 aromatic heterocycles. The third kappa shape index (κ3) is 4.05. The van der Waals surface area contributed by atoms with E-state index >= 15 is 0 Å². The first-order valence-electron chi connectivity index (χ1n) is 10.5. The molecular formula is C23H22F2N6O4. The molecule has 0 spiro atoms. The van der Waals surface area contributed by atoms with Crippen LogP contribution in [0.15, 0.2) is 18.9 Å². The van der Waals surface area contributed by atoms with Gasteiger partial charge >= 0.3 is 0 Å². The smallest absolute Gasteiger partial charge is 0.254 e. The number of aromatic nitrogens is 4. The van der Waals surface area contributed by atoms with Crippen LogP contribution in [0.1, 0.15) is 23.7 Å². The van der Waals surface area contributed by atoms with E-state index in [-0.39, 0.29) is 23.5 Å². The molecule has 0 aliphatic carbocycles. The zero-order valence-electron chi connectivity index (χ0n) is 19.3. The largest absolute Gasteiger partial charge is 0.493 e. The van der Waals surface area contributed by atoms with Crippen LogP contribution in [0.25, 0.3) is 10.9 Å². The highest BCUT2D eigenvalue weighted by Gasteiger charge is 2.30. The minimum atomic E-state index is -1.08. The number of methoxy groups -OCH3 is 3. The predicted octanol–water partition coefficient (Wildman–Crippen LogP) is 2.07. The van der Waals surface area contributed by atoms with E-state index in [2.05, 4.69) is 33.5 Å². The number of amides is 1. The molecule has 1 saturated heterocycles. The number of nitrogens with zero attached hydrogens (tertiary/aromatic N) is 5. The Labute approximate surface area is 199 Å². The summed E-state index contributed by atoms with van der Waals surface area (Å²) in [6.07, 6.45) is 3.31. The van der Waals surface area contributed by atoms with Crippen LogP contribution < -0.4 is 19.9 Å². The number of halogens is 2. The zero-order valence-corrected chi connectivity index (χ0v) is 19.3. The van der Waals surface area contributed by atoms with Crippen molar-refractivity contribution in [3.8, 4) is 29.4 Å². The van der Waals surface area contributed by atoms with Crippen molar-refractivity contribution in [2.24, 2.45) is 0 Å². The highest BCUT2D eigenvalue weighted by atomic mass is 19.1. The van der Waals surface area contributed by atoms with Crippen LogP contribution in [0.3, 0.4) is 0 Å². The maximum absolute atomic E-state index is 14.8. The van der Waals surface area contributed by atoms with Gasteiger partial charge in [-0.1, -0.05) is 12.5 Å². The van der Waals surface area contributed by atoms with Gasteiger partial charge in [0.25, 0.3) is 11.8 Å². The zero-order chi connectivity index (χ0) is 25.3. The average Bonchev–Trinajstić information content (AvgIpc) is 3.50. The molecule has 4 heterocycles. The van der Waals surface area contributed by atoms with Gasteiger partial charge in [0.05, 0.1) is 39.0 Å². The van der Waals surface area contributed by atoms with Gasteiger partial charge in [0.15, 0.2) is 5.75 Å². The number of hydrogen-bond donors (Lipinski definition) is 1. The maximum Gasteiger partial charge on any atom is 0.254 e. The summed E-state index contributed by atoms with van der Waals surface area (Å²) in [6.45, 7) is 4.41. The lowest BCUT2D eigenvalue weighted by Gasteiger charge is -2.16. The maximum atomic E-state index is 14.8. The lowest BCUT2D eigenvalue weighted by Crippen LogP contribution is -2.27. The van der Waals surface area contributed by atoms with Crippen molar-refractivity contribution in [1.29, 1.82) is 0 Å². The molecule has 0 bridgehead atoms. The van der Waals surface area contributed by atoms with Crippen LogP contribution in [0, 0.1) is 23.5 Å². The summed E-state index contributed by atoms with van der Waals surface area (Å²) in [5, 5.41) is 4.94. The third-order valence-electron chi connectivity index (χ3n) is 5.65. The number of nitrogens with two attached hydrogens (primary N) is 1. The van der Waals surface area contributed by atoms with Gasteiger partial charge in [-0.3, -0.25) is 9.48 Å². The van der Waals surface area contributed by atoms with Crippen LogP contribution in [0.5, 0.6) is 17.5 Å². The molecule has 1 aliphatic heterocycles. The van der Waals surface area contributed by atoms with Crippen LogP contribution >= 0.6 is 0 Å². The summed E-state index contributed by atoms with van der Waals surface area (Å²) in [6, 6.07) is -0.220. The molecule has 10 nitrogen and oxygen atoms in total. The van der Waals surface area contributed by atoms with Crippen molar-refractivity contribution in [1.82, 2.24) is 24.6 Å². The molecule has 0 saturated carbocycles. The summed E-state index contributed by atoms with van der Waals surface area (Å²) in [4.78, 5) is 21.5. The van der Waals surface area contributed by atoms with Gasteiger partial charge in [-0.15, -0.1) is 0 Å².